The molecule has 0 amide bonds. The number of epoxide rings is 1. The van der Waals surface area contributed by atoms with Crippen LogP contribution in [0.25, 0.3) is 0 Å². The minimum absolute atomic E-state index is 0.142. The molecule has 22 heavy (non-hydrogen) atoms. The van der Waals surface area contributed by atoms with Crippen LogP contribution in [0.3, 0.4) is 0 Å². The maximum absolute atomic E-state index is 10.7. The van der Waals surface area contributed by atoms with Crippen molar-refractivity contribution < 1.29 is 23.8 Å². The Morgan fingerprint density at radius 3 is 2.18 bits per heavy atom. The maximum Gasteiger partial charge on any atom is 0.333 e. The van der Waals surface area contributed by atoms with E-state index in [4.69, 9.17) is 9.47 Å². The first-order valence-corrected chi connectivity index (χ1v) is 6.50. The Morgan fingerprint density at radius 1 is 1.36 bits per heavy atom. The fourth-order valence-electron chi connectivity index (χ4n) is 0.852. The van der Waals surface area contributed by atoms with Crippen LogP contribution in [0.15, 0.2) is 55.4 Å². The van der Waals surface area contributed by atoms with E-state index in [0.717, 1.165) is 6.08 Å². The highest BCUT2D eigenvalue weighted by molar-refractivity contribution is 5.86. The van der Waals surface area contributed by atoms with Crippen LogP contribution in [0.2, 0.25) is 0 Å². The average molecular weight is 307 g/mol. The number of nitrogens with zero attached hydrogens (tertiary/aromatic N) is 1. The second-order valence-corrected chi connectivity index (χ2v) is 4.09. The van der Waals surface area contributed by atoms with E-state index in [1.54, 1.807) is 19.3 Å². The van der Waals surface area contributed by atoms with E-state index >= 15 is 0 Å². The fourth-order valence-corrected chi connectivity index (χ4v) is 0.852. The molecule has 0 saturated carbocycles. The Kier molecular flexibility index (Phi) is 10.9. The quantitative estimate of drug-likeness (QED) is 0.480. The maximum atomic E-state index is 10.7. The van der Waals surface area contributed by atoms with Gasteiger partial charge < -0.3 is 14.2 Å². The van der Waals surface area contributed by atoms with E-state index in [1.165, 1.54) is 7.11 Å². The average Bonchev–Trinajstić information content (AvgIpc) is 3.38. The zero-order chi connectivity index (χ0) is 16.8. The molecule has 2 heterocycles. The third kappa shape index (κ3) is 12.6. The lowest BCUT2D eigenvalue weighted by atomic mass is 10.4. The van der Waals surface area contributed by atoms with Gasteiger partial charge in [0.1, 0.15) is 12.7 Å². The molecule has 6 nitrogen and oxygen atoms in total. The molecular formula is C16H21NO5. The van der Waals surface area contributed by atoms with Gasteiger partial charge in [0.2, 0.25) is 0 Å². The van der Waals surface area contributed by atoms with E-state index < -0.39 is 5.97 Å². The number of hydrogen-bond acceptors (Lipinski definition) is 6. The van der Waals surface area contributed by atoms with Gasteiger partial charge in [0.25, 0.3) is 0 Å². The van der Waals surface area contributed by atoms with Crippen LogP contribution in [-0.2, 0) is 23.8 Å². The molecule has 0 bridgehead atoms. The van der Waals surface area contributed by atoms with Crippen LogP contribution < -0.4 is 0 Å². The van der Waals surface area contributed by atoms with Crippen molar-refractivity contribution in [2.75, 3.05) is 20.3 Å². The monoisotopic (exact) mass is 307 g/mol. The number of rotatable bonds is 4. The highest BCUT2D eigenvalue weighted by atomic mass is 16.6. The summed E-state index contributed by atoms with van der Waals surface area (Å²) >= 11 is 0. The molecule has 0 aromatic carbocycles. The van der Waals surface area contributed by atoms with Crippen LogP contribution in [0.1, 0.15) is 6.92 Å². The van der Waals surface area contributed by atoms with Crippen LogP contribution in [0.4, 0.5) is 0 Å². The van der Waals surface area contributed by atoms with Gasteiger partial charge in [-0.1, -0.05) is 19.2 Å². The first kappa shape index (κ1) is 19.5. The SMILES string of the molecule is C=C(C)C(=O)OCC1CO1.C=CC(=O)OC.c1ccncc1. The van der Waals surface area contributed by atoms with Crippen molar-refractivity contribution >= 4 is 11.9 Å². The Balaban J connectivity index is 0.000000319. The summed E-state index contributed by atoms with van der Waals surface area (Å²) in [7, 11) is 1.31. The number of ether oxygens (including phenoxy) is 3. The number of pyridine rings is 1. The van der Waals surface area contributed by atoms with Gasteiger partial charge in [-0.25, -0.2) is 9.59 Å². The molecule has 1 unspecified atom stereocenters. The van der Waals surface area contributed by atoms with Crippen molar-refractivity contribution in [3.05, 3.63) is 55.4 Å². The summed E-state index contributed by atoms with van der Waals surface area (Å²) in [6.45, 7) is 9.29. The number of esters is 2. The highest BCUT2D eigenvalue weighted by Crippen LogP contribution is 2.09. The van der Waals surface area contributed by atoms with Crippen molar-refractivity contribution in [1.29, 1.82) is 0 Å². The summed E-state index contributed by atoms with van der Waals surface area (Å²) in [6, 6.07) is 5.72. The Labute approximate surface area is 130 Å². The number of carbonyl (C=O) groups is 2. The lowest BCUT2D eigenvalue weighted by molar-refractivity contribution is -0.139. The molecule has 1 aromatic heterocycles. The number of hydrogen-bond donors (Lipinski definition) is 0. The molecule has 1 fully saturated rings. The lowest BCUT2D eigenvalue weighted by Gasteiger charge is -1.99. The van der Waals surface area contributed by atoms with E-state index in [1.807, 2.05) is 18.2 Å². The van der Waals surface area contributed by atoms with Gasteiger partial charge in [0.15, 0.2) is 0 Å². The van der Waals surface area contributed by atoms with E-state index in [2.05, 4.69) is 22.9 Å². The van der Waals surface area contributed by atoms with Gasteiger partial charge in [-0.15, -0.1) is 0 Å². The normalized spacial score (nSPS) is 14.0. The zero-order valence-corrected chi connectivity index (χ0v) is 12.9. The van der Waals surface area contributed by atoms with Crippen molar-refractivity contribution in [2.24, 2.45) is 0 Å². The summed E-state index contributed by atoms with van der Waals surface area (Å²) in [4.78, 5) is 24.3. The van der Waals surface area contributed by atoms with Crippen LogP contribution in [0, 0.1) is 0 Å². The third-order valence-electron chi connectivity index (χ3n) is 2.09. The summed E-state index contributed by atoms with van der Waals surface area (Å²) in [5.41, 5.74) is 0.431. The van der Waals surface area contributed by atoms with Crippen molar-refractivity contribution in [1.82, 2.24) is 4.98 Å². The molecule has 1 aromatic rings. The molecular weight excluding hydrogens is 286 g/mol. The zero-order valence-electron chi connectivity index (χ0n) is 12.9. The largest absolute Gasteiger partial charge is 0.466 e. The standard InChI is InChI=1S/C7H10O3.C5H5N.C4H6O2/c1-5(2)7(8)10-4-6-3-9-6;1-2-4-6-5-3-1;1-3-4(5)6-2/h6H,1,3-4H2,2H3;1-5H;3H,1H2,2H3. The molecule has 0 N–H and O–H groups in total. The predicted molar refractivity (Wildman–Crippen MR) is 82.0 cm³/mol. The fraction of sp³-hybridized carbons (Fsp3) is 0.312. The molecule has 1 aliphatic heterocycles. The topological polar surface area (TPSA) is 78.0 Å². The molecule has 0 radical (unpaired) electrons. The molecule has 0 spiro atoms. The predicted octanol–water partition coefficient (Wildman–Crippen LogP) is 1.93. The van der Waals surface area contributed by atoms with Crippen molar-refractivity contribution in [3.8, 4) is 0 Å². The summed E-state index contributed by atoms with van der Waals surface area (Å²) in [5, 5.41) is 0. The van der Waals surface area contributed by atoms with Gasteiger partial charge in [0, 0.05) is 24.0 Å². The van der Waals surface area contributed by atoms with Crippen LogP contribution in [-0.4, -0.2) is 43.4 Å². The molecule has 1 atom stereocenters. The Bertz CT molecular complexity index is 442. The highest BCUT2D eigenvalue weighted by Gasteiger charge is 2.24. The molecule has 1 saturated heterocycles. The second-order valence-electron chi connectivity index (χ2n) is 4.09. The number of aromatic nitrogens is 1. The molecule has 0 aliphatic carbocycles. The minimum atomic E-state index is -0.394. The third-order valence-corrected chi connectivity index (χ3v) is 2.09. The second kappa shape index (κ2) is 12.3. The van der Waals surface area contributed by atoms with Crippen LogP contribution >= 0.6 is 0 Å². The number of carbonyl (C=O) groups excluding carboxylic acids is 2. The van der Waals surface area contributed by atoms with Gasteiger partial charge >= 0.3 is 11.9 Å². The summed E-state index contributed by atoms with van der Waals surface area (Å²) < 4.78 is 13.7. The molecule has 2 rings (SSSR count). The Morgan fingerprint density at radius 2 is 1.95 bits per heavy atom. The molecule has 1 aliphatic rings. The molecule has 6 heteroatoms. The van der Waals surface area contributed by atoms with Gasteiger partial charge in [-0.05, 0) is 19.1 Å². The smallest absolute Gasteiger partial charge is 0.333 e. The van der Waals surface area contributed by atoms with Crippen LogP contribution in [0.5, 0.6) is 0 Å². The van der Waals surface area contributed by atoms with Gasteiger partial charge in [-0.3, -0.25) is 4.98 Å². The first-order chi connectivity index (χ1) is 10.5. The summed E-state index contributed by atoms with van der Waals surface area (Å²) in [6.07, 6.45) is 4.75. The van der Waals surface area contributed by atoms with E-state index in [9.17, 15) is 9.59 Å². The van der Waals surface area contributed by atoms with Gasteiger partial charge in [-0.2, -0.15) is 0 Å². The van der Waals surface area contributed by atoms with E-state index in [-0.39, 0.29) is 12.1 Å². The number of methoxy groups -OCH3 is 1. The van der Waals surface area contributed by atoms with E-state index in [0.29, 0.717) is 18.8 Å². The lowest BCUT2D eigenvalue weighted by Crippen LogP contribution is -2.09. The minimum Gasteiger partial charge on any atom is -0.466 e. The van der Waals surface area contributed by atoms with Crippen molar-refractivity contribution in [3.63, 3.8) is 0 Å². The Hall–Kier alpha value is -2.47. The van der Waals surface area contributed by atoms with Gasteiger partial charge in [0.05, 0.1) is 13.7 Å². The summed E-state index contributed by atoms with van der Waals surface area (Å²) in [5.74, 6) is -0.731. The molecule has 120 valence electrons. The van der Waals surface area contributed by atoms with Crippen molar-refractivity contribution in [2.45, 2.75) is 13.0 Å². The first-order valence-electron chi connectivity index (χ1n) is 6.50.